The van der Waals surface area contributed by atoms with Gasteiger partial charge in [-0.2, -0.15) is 0 Å². The number of carboxylic acids is 1. The van der Waals surface area contributed by atoms with Crippen molar-refractivity contribution >= 4 is 11.9 Å². The molecule has 0 aromatic rings. The Morgan fingerprint density at radius 2 is 1.94 bits per heavy atom. The number of nitrogens with two attached hydrogens (primary N) is 4. The molecule has 9 N–H and O–H groups in total. The van der Waals surface area contributed by atoms with Crippen LogP contribution >= 0.6 is 0 Å². The van der Waals surface area contributed by atoms with Crippen molar-refractivity contribution in [3.8, 4) is 0 Å². The number of aliphatic carboxylic acids is 1. The highest BCUT2D eigenvalue weighted by Gasteiger charge is 2.09. The number of rotatable bonds is 7. The third kappa shape index (κ3) is 17.3. The van der Waals surface area contributed by atoms with Crippen LogP contribution in [0.2, 0.25) is 0 Å². The number of aliphatic imine (C=N–C) groups is 1. The van der Waals surface area contributed by atoms with Crippen LogP contribution in [0.1, 0.15) is 32.6 Å². The lowest BCUT2D eigenvalue weighted by Crippen LogP contribution is -2.30. The molecule has 0 amide bonds. The molecule has 0 aromatic carbocycles. The molecule has 0 radical (unpaired) electrons. The van der Waals surface area contributed by atoms with Crippen molar-refractivity contribution in [3.63, 3.8) is 0 Å². The molecule has 0 saturated heterocycles. The van der Waals surface area contributed by atoms with E-state index in [-0.39, 0.29) is 5.96 Å². The van der Waals surface area contributed by atoms with Gasteiger partial charge in [0.25, 0.3) is 0 Å². The van der Waals surface area contributed by atoms with E-state index in [1.54, 1.807) is 0 Å². The molecule has 0 aliphatic rings. The Bertz CT molecular complexity index is 215. The van der Waals surface area contributed by atoms with Crippen molar-refractivity contribution in [2.75, 3.05) is 13.1 Å². The summed E-state index contributed by atoms with van der Waals surface area (Å²) in [5.74, 6) is -0.987. The standard InChI is InChI=1S/C6H14N4O2.C4H11N/c7-4(5(11)12)2-1-3-10-6(8)9;1-2-3-4-5/h4H,1-3,7H2,(H,11,12)(H4,8,9,10);2-5H2,1H3/t4-;/m1./s1. The van der Waals surface area contributed by atoms with Crippen LogP contribution in [0.3, 0.4) is 0 Å². The first-order valence-corrected chi connectivity index (χ1v) is 5.69. The van der Waals surface area contributed by atoms with E-state index >= 15 is 0 Å². The fraction of sp³-hybridized carbons (Fsp3) is 0.800. The Morgan fingerprint density at radius 1 is 1.35 bits per heavy atom. The van der Waals surface area contributed by atoms with Gasteiger partial charge in [-0.3, -0.25) is 9.79 Å². The number of hydrogen-bond donors (Lipinski definition) is 5. The fourth-order valence-electron chi connectivity index (χ4n) is 0.847. The van der Waals surface area contributed by atoms with Gasteiger partial charge in [0.1, 0.15) is 6.04 Å². The molecule has 17 heavy (non-hydrogen) atoms. The van der Waals surface area contributed by atoms with E-state index in [0.717, 1.165) is 6.54 Å². The Labute approximate surface area is 102 Å². The smallest absolute Gasteiger partial charge is 0.320 e. The number of carboxylic acid groups (broad SMARTS) is 1. The van der Waals surface area contributed by atoms with Crippen LogP contribution in [-0.4, -0.2) is 36.2 Å². The molecule has 7 heteroatoms. The predicted octanol–water partition coefficient (Wildman–Crippen LogP) is -0.803. The summed E-state index contributed by atoms with van der Waals surface area (Å²) >= 11 is 0. The third-order valence-corrected chi connectivity index (χ3v) is 1.84. The fourth-order valence-corrected chi connectivity index (χ4v) is 0.847. The lowest BCUT2D eigenvalue weighted by molar-refractivity contribution is -0.138. The Morgan fingerprint density at radius 3 is 2.24 bits per heavy atom. The van der Waals surface area contributed by atoms with E-state index in [4.69, 9.17) is 28.0 Å². The van der Waals surface area contributed by atoms with Crippen LogP contribution in [0.15, 0.2) is 4.99 Å². The highest BCUT2D eigenvalue weighted by molar-refractivity contribution is 5.75. The van der Waals surface area contributed by atoms with Gasteiger partial charge in [0.2, 0.25) is 0 Å². The van der Waals surface area contributed by atoms with Crippen molar-refractivity contribution in [2.45, 2.75) is 38.6 Å². The molecular formula is C10H25N5O2. The summed E-state index contributed by atoms with van der Waals surface area (Å²) in [7, 11) is 0. The topological polar surface area (TPSA) is 154 Å². The summed E-state index contributed by atoms with van der Waals surface area (Å²) in [4.78, 5) is 13.9. The van der Waals surface area contributed by atoms with Gasteiger partial charge in [0, 0.05) is 6.54 Å². The van der Waals surface area contributed by atoms with Crippen LogP contribution in [0.25, 0.3) is 0 Å². The van der Waals surface area contributed by atoms with Gasteiger partial charge in [-0.15, -0.1) is 0 Å². The highest BCUT2D eigenvalue weighted by Crippen LogP contribution is 1.94. The molecular weight excluding hydrogens is 222 g/mol. The molecule has 1 atom stereocenters. The molecule has 0 fully saturated rings. The maximum Gasteiger partial charge on any atom is 0.320 e. The molecule has 0 aromatic heterocycles. The highest BCUT2D eigenvalue weighted by atomic mass is 16.4. The number of hydrogen-bond acceptors (Lipinski definition) is 4. The van der Waals surface area contributed by atoms with Crippen molar-refractivity contribution in [1.29, 1.82) is 0 Å². The second-order valence-electron chi connectivity index (χ2n) is 3.54. The lowest BCUT2D eigenvalue weighted by atomic mass is 10.2. The van der Waals surface area contributed by atoms with E-state index in [1.165, 1.54) is 12.8 Å². The largest absolute Gasteiger partial charge is 0.480 e. The molecule has 102 valence electrons. The van der Waals surface area contributed by atoms with Crippen molar-refractivity contribution in [2.24, 2.45) is 27.9 Å². The molecule has 0 bridgehead atoms. The lowest BCUT2D eigenvalue weighted by Gasteiger charge is -2.03. The zero-order chi connectivity index (χ0) is 13.7. The van der Waals surface area contributed by atoms with Crippen molar-refractivity contribution < 1.29 is 9.90 Å². The normalized spacial score (nSPS) is 11.0. The second-order valence-corrected chi connectivity index (χ2v) is 3.54. The Balaban J connectivity index is 0. The molecule has 0 rings (SSSR count). The maximum absolute atomic E-state index is 10.2. The Kier molecular flexibility index (Phi) is 13.5. The maximum atomic E-state index is 10.2. The number of carbonyl (C=O) groups is 1. The van der Waals surface area contributed by atoms with Gasteiger partial charge in [-0.25, -0.2) is 0 Å². The van der Waals surface area contributed by atoms with E-state index in [2.05, 4.69) is 11.9 Å². The summed E-state index contributed by atoms with van der Waals surface area (Å²) in [6.07, 6.45) is 3.34. The van der Waals surface area contributed by atoms with E-state index in [1.807, 2.05) is 0 Å². The van der Waals surface area contributed by atoms with E-state index in [9.17, 15) is 4.79 Å². The molecule has 0 heterocycles. The van der Waals surface area contributed by atoms with Gasteiger partial charge in [-0.1, -0.05) is 13.3 Å². The van der Waals surface area contributed by atoms with Crippen LogP contribution in [0, 0.1) is 0 Å². The minimum Gasteiger partial charge on any atom is -0.480 e. The van der Waals surface area contributed by atoms with Gasteiger partial charge in [0.05, 0.1) is 0 Å². The first kappa shape index (κ1) is 18.0. The van der Waals surface area contributed by atoms with Crippen LogP contribution in [0.5, 0.6) is 0 Å². The van der Waals surface area contributed by atoms with Crippen LogP contribution < -0.4 is 22.9 Å². The van der Waals surface area contributed by atoms with Crippen LogP contribution in [0.4, 0.5) is 0 Å². The van der Waals surface area contributed by atoms with Crippen molar-refractivity contribution in [3.05, 3.63) is 0 Å². The molecule has 0 saturated carbocycles. The predicted molar refractivity (Wildman–Crippen MR) is 69.5 cm³/mol. The minimum absolute atomic E-state index is 0.0129. The average molecular weight is 247 g/mol. The minimum atomic E-state index is -1.00. The first-order chi connectivity index (χ1) is 7.95. The summed E-state index contributed by atoms with van der Waals surface area (Å²) in [6.45, 7) is 3.40. The third-order valence-electron chi connectivity index (χ3n) is 1.84. The Hall–Kier alpha value is -1.34. The van der Waals surface area contributed by atoms with Gasteiger partial charge >= 0.3 is 5.97 Å². The first-order valence-electron chi connectivity index (χ1n) is 5.69. The van der Waals surface area contributed by atoms with Gasteiger partial charge in [0.15, 0.2) is 5.96 Å². The van der Waals surface area contributed by atoms with Crippen molar-refractivity contribution in [1.82, 2.24) is 0 Å². The summed E-state index contributed by atoms with van der Waals surface area (Å²) in [5, 5.41) is 8.38. The number of guanidine groups is 1. The zero-order valence-corrected chi connectivity index (χ0v) is 10.4. The summed E-state index contributed by atoms with van der Waals surface area (Å²) < 4.78 is 0. The summed E-state index contributed by atoms with van der Waals surface area (Å²) in [5.41, 5.74) is 20.5. The van der Waals surface area contributed by atoms with E-state index in [0.29, 0.717) is 19.4 Å². The molecule has 0 spiro atoms. The molecule has 0 aliphatic heterocycles. The van der Waals surface area contributed by atoms with Crippen LogP contribution in [-0.2, 0) is 4.79 Å². The quantitative estimate of drug-likeness (QED) is 0.225. The molecule has 7 nitrogen and oxygen atoms in total. The SMILES string of the molecule is CCCCN.NC(N)=NCCC[C@@H](N)C(=O)O. The second kappa shape index (κ2) is 12.7. The molecule has 0 unspecified atom stereocenters. The number of nitrogens with zero attached hydrogens (tertiary/aromatic N) is 1. The molecule has 0 aliphatic carbocycles. The van der Waals surface area contributed by atoms with Gasteiger partial charge in [-0.05, 0) is 25.8 Å². The average Bonchev–Trinajstić information content (AvgIpc) is 2.25. The van der Waals surface area contributed by atoms with Gasteiger partial charge < -0.3 is 28.0 Å². The monoisotopic (exact) mass is 247 g/mol. The van der Waals surface area contributed by atoms with E-state index < -0.39 is 12.0 Å². The number of unbranched alkanes of at least 4 members (excludes halogenated alkanes) is 1. The zero-order valence-electron chi connectivity index (χ0n) is 10.4. The summed E-state index contributed by atoms with van der Waals surface area (Å²) in [6, 6.07) is -0.820.